The number of hydrogen-bond donors (Lipinski definition) is 7. The second-order valence-corrected chi connectivity index (χ2v) is 11.5. The van der Waals surface area contributed by atoms with Crippen molar-refractivity contribution in [3.05, 3.63) is 48.6 Å². The van der Waals surface area contributed by atoms with E-state index in [1.165, 1.54) is 19.3 Å². The number of unbranched alkanes of at least 4 members (excludes halogenated alkanes) is 4. The number of esters is 1. The van der Waals surface area contributed by atoms with Crippen LogP contribution in [-0.4, -0.2) is 97.4 Å². The summed E-state index contributed by atoms with van der Waals surface area (Å²) in [7, 11) is -5.02. The molecule has 3 unspecified atom stereocenters. The van der Waals surface area contributed by atoms with Crippen molar-refractivity contribution in [1.29, 1.82) is 0 Å². The zero-order valence-electron chi connectivity index (χ0n) is 24.3. The summed E-state index contributed by atoms with van der Waals surface area (Å²) in [5.41, 5.74) is 0. The van der Waals surface area contributed by atoms with Crippen LogP contribution in [0.25, 0.3) is 0 Å². The molecular formula is C29H49O12P. The summed E-state index contributed by atoms with van der Waals surface area (Å²) in [5.74, 6) is -0.652. The van der Waals surface area contributed by atoms with Gasteiger partial charge in [-0.2, -0.15) is 0 Å². The van der Waals surface area contributed by atoms with Crippen LogP contribution in [-0.2, 0) is 23.1 Å². The lowest BCUT2D eigenvalue weighted by atomic mass is 9.85. The highest BCUT2D eigenvalue weighted by Gasteiger charge is 2.51. The van der Waals surface area contributed by atoms with E-state index >= 15 is 0 Å². The van der Waals surface area contributed by atoms with E-state index in [1.807, 2.05) is 12.2 Å². The van der Waals surface area contributed by atoms with E-state index in [1.54, 1.807) is 0 Å². The maximum absolute atomic E-state index is 12.2. The Bertz CT molecular complexity index is 889. The molecule has 13 heteroatoms. The average molecular weight is 621 g/mol. The van der Waals surface area contributed by atoms with Gasteiger partial charge in [-0.05, 0) is 44.9 Å². The highest BCUT2D eigenvalue weighted by atomic mass is 31.2. The molecule has 1 aliphatic rings. The van der Waals surface area contributed by atoms with Gasteiger partial charge in [0.1, 0.15) is 42.7 Å². The largest absolute Gasteiger partial charge is 0.472 e. The van der Waals surface area contributed by atoms with Gasteiger partial charge in [-0.1, -0.05) is 68.4 Å². The molecule has 0 amide bonds. The first-order valence-corrected chi connectivity index (χ1v) is 16.0. The predicted molar refractivity (Wildman–Crippen MR) is 156 cm³/mol. The topological polar surface area (TPSA) is 203 Å². The fourth-order valence-corrected chi connectivity index (χ4v) is 4.95. The molecule has 42 heavy (non-hydrogen) atoms. The lowest BCUT2D eigenvalue weighted by Gasteiger charge is -2.41. The van der Waals surface area contributed by atoms with Gasteiger partial charge in [0.2, 0.25) is 0 Å². The number of aliphatic hydroxyl groups excluding tert-OH is 6. The summed E-state index contributed by atoms with van der Waals surface area (Å²) in [6.45, 7) is 0.728. The van der Waals surface area contributed by atoms with E-state index < -0.39 is 69.7 Å². The van der Waals surface area contributed by atoms with Gasteiger partial charge in [0, 0.05) is 6.42 Å². The number of carbonyl (C=O) groups is 1. The lowest BCUT2D eigenvalue weighted by Crippen LogP contribution is -2.64. The van der Waals surface area contributed by atoms with E-state index in [-0.39, 0.29) is 6.42 Å². The third-order valence-electron chi connectivity index (χ3n) is 6.46. The maximum Gasteiger partial charge on any atom is 0.472 e. The summed E-state index contributed by atoms with van der Waals surface area (Å²) >= 11 is 0. The Kier molecular flexibility index (Phi) is 20.0. The highest BCUT2D eigenvalue weighted by Crippen LogP contribution is 2.47. The fraction of sp³-hybridized carbons (Fsp3) is 0.690. The van der Waals surface area contributed by atoms with Crippen molar-refractivity contribution in [1.82, 2.24) is 0 Å². The Balaban J connectivity index is 2.25. The van der Waals surface area contributed by atoms with Gasteiger partial charge in [-0.25, -0.2) is 4.57 Å². The van der Waals surface area contributed by atoms with E-state index in [2.05, 4.69) is 47.9 Å². The SMILES string of the molecule is CCCCC/C=C\C/C=C\C/C=C\C/C=C\CCCC(=O)O[C@@H](CO)COP(=O)(O)OC1[C@@H](O)[C@H](O)C(O)[C@H](O)[C@@H]1O. The number of carbonyl (C=O) groups excluding carboxylic acids is 1. The Labute approximate surface area is 248 Å². The van der Waals surface area contributed by atoms with Crippen LogP contribution in [0.5, 0.6) is 0 Å². The number of phosphoric ester groups is 1. The standard InChI is InChI=1S/C29H49O12P/c1-2-3-4-5-6-7-8-9-10-11-12-13-14-15-16-17-18-19-23(31)40-22(20-30)21-39-42(37,38)41-29-27(35)25(33)24(32)26(34)28(29)36/h6-7,9-10,12-13,15-16,22,24-30,32-36H,2-5,8,11,14,17-21H2,1H3,(H,37,38)/b7-6-,10-9-,13-12-,16-15-/t22-,24?,25-,26+,27-,28-,29?/m0/s1. The Hall–Kier alpha value is -1.70. The van der Waals surface area contributed by atoms with Crippen LogP contribution in [0, 0.1) is 0 Å². The minimum atomic E-state index is -5.02. The Morgan fingerprint density at radius 1 is 0.762 bits per heavy atom. The molecular weight excluding hydrogens is 571 g/mol. The van der Waals surface area contributed by atoms with Gasteiger partial charge in [-0.3, -0.25) is 13.8 Å². The Morgan fingerprint density at radius 3 is 1.74 bits per heavy atom. The van der Waals surface area contributed by atoms with E-state index in [9.17, 15) is 44.9 Å². The van der Waals surface area contributed by atoms with Gasteiger partial charge in [0.05, 0.1) is 13.2 Å². The van der Waals surface area contributed by atoms with Crippen molar-refractivity contribution < 1.29 is 58.7 Å². The van der Waals surface area contributed by atoms with Crippen LogP contribution in [0.1, 0.15) is 71.1 Å². The predicted octanol–water partition coefficient (Wildman–Crippen LogP) is 2.36. The molecule has 1 aliphatic carbocycles. The number of hydrogen-bond acceptors (Lipinski definition) is 11. The molecule has 0 aromatic heterocycles. The van der Waals surface area contributed by atoms with E-state index in [4.69, 9.17) is 9.26 Å². The fourth-order valence-electron chi connectivity index (χ4n) is 3.98. The van der Waals surface area contributed by atoms with Crippen LogP contribution in [0.15, 0.2) is 48.6 Å². The van der Waals surface area contributed by atoms with Gasteiger partial charge in [-0.15, -0.1) is 0 Å². The Morgan fingerprint density at radius 2 is 1.24 bits per heavy atom. The zero-order chi connectivity index (χ0) is 31.4. The normalized spacial score (nSPS) is 27.3. The average Bonchev–Trinajstić information content (AvgIpc) is 2.97. The van der Waals surface area contributed by atoms with Crippen LogP contribution in [0.2, 0.25) is 0 Å². The third-order valence-corrected chi connectivity index (χ3v) is 7.45. The second kappa shape index (κ2) is 21.9. The molecule has 8 atom stereocenters. The first-order chi connectivity index (χ1) is 20.0. The van der Waals surface area contributed by atoms with Gasteiger partial charge < -0.3 is 40.3 Å². The quantitative estimate of drug-likeness (QED) is 0.0428. The monoisotopic (exact) mass is 620 g/mol. The third kappa shape index (κ3) is 15.7. The van der Waals surface area contributed by atoms with Crippen LogP contribution < -0.4 is 0 Å². The number of aliphatic hydroxyl groups is 6. The minimum Gasteiger partial charge on any atom is -0.457 e. The summed E-state index contributed by atoms with van der Waals surface area (Å²) in [6, 6.07) is 0. The van der Waals surface area contributed by atoms with Crippen molar-refractivity contribution in [2.45, 2.75) is 114 Å². The van der Waals surface area contributed by atoms with Crippen molar-refractivity contribution in [3.8, 4) is 0 Å². The minimum absolute atomic E-state index is 0.0420. The molecule has 1 rings (SSSR count). The van der Waals surface area contributed by atoms with Crippen molar-refractivity contribution in [3.63, 3.8) is 0 Å². The number of ether oxygens (including phenoxy) is 1. The molecule has 1 fully saturated rings. The van der Waals surface area contributed by atoms with Crippen molar-refractivity contribution in [2.75, 3.05) is 13.2 Å². The molecule has 7 N–H and O–H groups in total. The summed E-state index contributed by atoms with van der Waals surface area (Å²) < 4.78 is 26.7. The molecule has 12 nitrogen and oxygen atoms in total. The molecule has 0 heterocycles. The van der Waals surface area contributed by atoms with Crippen LogP contribution in [0.3, 0.4) is 0 Å². The van der Waals surface area contributed by atoms with Crippen LogP contribution >= 0.6 is 7.82 Å². The molecule has 0 bridgehead atoms. The molecule has 0 saturated heterocycles. The molecule has 0 aromatic rings. The molecule has 0 radical (unpaired) electrons. The number of allylic oxidation sites excluding steroid dienone is 8. The van der Waals surface area contributed by atoms with Crippen molar-refractivity contribution in [2.24, 2.45) is 0 Å². The van der Waals surface area contributed by atoms with Crippen molar-refractivity contribution >= 4 is 13.8 Å². The molecule has 1 saturated carbocycles. The van der Waals surface area contributed by atoms with E-state index in [0.29, 0.717) is 12.8 Å². The lowest BCUT2D eigenvalue weighted by molar-refractivity contribution is -0.220. The smallest absolute Gasteiger partial charge is 0.457 e. The first-order valence-electron chi connectivity index (χ1n) is 14.5. The number of phosphoric acid groups is 1. The number of rotatable bonds is 21. The van der Waals surface area contributed by atoms with Gasteiger partial charge >= 0.3 is 13.8 Å². The second-order valence-electron chi connectivity index (χ2n) is 10.1. The zero-order valence-corrected chi connectivity index (χ0v) is 25.2. The summed E-state index contributed by atoms with van der Waals surface area (Å²) in [4.78, 5) is 22.0. The van der Waals surface area contributed by atoms with Gasteiger partial charge in [0.25, 0.3) is 0 Å². The van der Waals surface area contributed by atoms with E-state index in [0.717, 1.165) is 25.7 Å². The molecule has 0 aliphatic heterocycles. The maximum atomic E-state index is 12.2. The molecule has 0 spiro atoms. The highest BCUT2D eigenvalue weighted by molar-refractivity contribution is 7.47. The van der Waals surface area contributed by atoms with Gasteiger partial charge in [0.15, 0.2) is 0 Å². The summed E-state index contributed by atoms with van der Waals surface area (Å²) in [5, 5.41) is 58.3. The first kappa shape index (κ1) is 38.3. The summed E-state index contributed by atoms with van der Waals surface area (Å²) in [6.07, 6.45) is 12.4. The van der Waals surface area contributed by atoms with Crippen LogP contribution in [0.4, 0.5) is 0 Å². The molecule has 0 aromatic carbocycles. The molecule has 242 valence electrons.